The minimum atomic E-state index is -3.09. The molecule has 0 amide bonds. The van der Waals surface area contributed by atoms with Gasteiger partial charge in [0.1, 0.15) is 11.5 Å². The molecule has 6 heteroatoms. The Kier molecular flexibility index (Phi) is 6.98. The molecule has 0 saturated heterocycles. The van der Waals surface area contributed by atoms with E-state index in [-0.39, 0.29) is 17.5 Å². The highest BCUT2D eigenvalue weighted by Gasteiger charge is 2.22. The van der Waals surface area contributed by atoms with E-state index in [2.05, 4.69) is 5.32 Å². The minimum absolute atomic E-state index is 0.0617. The Morgan fingerprint density at radius 1 is 1.24 bits per heavy atom. The van der Waals surface area contributed by atoms with Crippen LogP contribution in [0.15, 0.2) is 18.2 Å². The first-order valence-electron chi connectivity index (χ1n) is 7.07. The fourth-order valence-corrected chi connectivity index (χ4v) is 3.89. The molecule has 120 valence electrons. The minimum Gasteiger partial charge on any atom is -0.497 e. The summed E-state index contributed by atoms with van der Waals surface area (Å²) in [6.45, 7) is 1.98. The third-order valence-electron chi connectivity index (χ3n) is 3.39. The van der Waals surface area contributed by atoms with Crippen LogP contribution in [0.1, 0.15) is 31.4 Å². The number of benzene rings is 1. The van der Waals surface area contributed by atoms with Crippen LogP contribution < -0.4 is 14.8 Å². The predicted octanol–water partition coefficient (Wildman–Crippen LogP) is 2.18. The smallest absolute Gasteiger partial charge is 0.152 e. The second-order valence-corrected chi connectivity index (χ2v) is 7.15. The molecule has 0 saturated carbocycles. The summed E-state index contributed by atoms with van der Waals surface area (Å²) in [6, 6.07) is 5.11. The first-order chi connectivity index (χ1) is 9.97. The average Bonchev–Trinajstić information content (AvgIpc) is 2.50. The summed E-state index contributed by atoms with van der Waals surface area (Å²) in [7, 11) is 1.81. The number of unbranched alkanes of at least 4 members (excludes halogenated alkanes) is 1. The molecule has 0 aliphatic rings. The summed E-state index contributed by atoms with van der Waals surface area (Å²) in [4.78, 5) is 0. The Bertz CT molecular complexity index is 543. The standard InChI is InChI=1S/C15H25NO4S/c1-5-6-9-21(17,18)11-14(16-2)13-8-7-12(19-3)10-15(13)20-4/h7-8,10,14,16H,5-6,9,11H2,1-4H3. The lowest BCUT2D eigenvalue weighted by atomic mass is 10.1. The van der Waals surface area contributed by atoms with Crippen LogP contribution in [0.4, 0.5) is 0 Å². The SMILES string of the molecule is CCCCS(=O)(=O)CC(NC)c1ccc(OC)cc1OC. The lowest BCUT2D eigenvalue weighted by molar-refractivity contribution is 0.387. The van der Waals surface area contributed by atoms with Crippen LogP contribution in [0.25, 0.3) is 0 Å². The van der Waals surface area contributed by atoms with Gasteiger partial charge < -0.3 is 14.8 Å². The maximum atomic E-state index is 12.1. The van der Waals surface area contributed by atoms with Gasteiger partial charge in [-0.25, -0.2) is 8.42 Å². The lowest BCUT2D eigenvalue weighted by Crippen LogP contribution is -2.27. The van der Waals surface area contributed by atoms with Crippen molar-refractivity contribution in [3.8, 4) is 11.5 Å². The quantitative estimate of drug-likeness (QED) is 0.756. The molecule has 0 bridgehead atoms. The maximum Gasteiger partial charge on any atom is 0.152 e. The molecular formula is C15H25NO4S. The molecule has 0 radical (unpaired) electrons. The highest BCUT2D eigenvalue weighted by atomic mass is 32.2. The largest absolute Gasteiger partial charge is 0.497 e. The molecule has 21 heavy (non-hydrogen) atoms. The van der Waals surface area contributed by atoms with E-state index in [1.807, 2.05) is 13.0 Å². The Morgan fingerprint density at radius 2 is 1.95 bits per heavy atom. The average molecular weight is 315 g/mol. The van der Waals surface area contributed by atoms with Crippen molar-refractivity contribution in [1.82, 2.24) is 5.32 Å². The topological polar surface area (TPSA) is 64.6 Å². The van der Waals surface area contributed by atoms with Crippen molar-refractivity contribution in [2.75, 3.05) is 32.8 Å². The second kappa shape index (κ2) is 8.24. The van der Waals surface area contributed by atoms with Crippen molar-refractivity contribution in [3.05, 3.63) is 23.8 Å². The lowest BCUT2D eigenvalue weighted by Gasteiger charge is -2.20. The van der Waals surface area contributed by atoms with Gasteiger partial charge in [0.25, 0.3) is 0 Å². The monoisotopic (exact) mass is 315 g/mol. The Labute approximate surface area is 127 Å². The van der Waals surface area contributed by atoms with Crippen LogP contribution in [0.2, 0.25) is 0 Å². The van der Waals surface area contributed by atoms with Gasteiger partial charge in [-0.05, 0) is 19.5 Å². The molecular weight excluding hydrogens is 290 g/mol. The van der Waals surface area contributed by atoms with Crippen molar-refractivity contribution < 1.29 is 17.9 Å². The summed E-state index contributed by atoms with van der Waals surface area (Å²) < 4.78 is 34.8. The number of hydrogen-bond donors (Lipinski definition) is 1. The molecule has 0 aliphatic heterocycles. The van der Waals surface area contributed by atoms with E-state index >= 15 is 0 Å². The van der Waals surface area contributed by atoms with Crippen LogP contribution in [0, 0.1) is 0 Å². The third-order valence-corrected chi connectivity index (χ3v) is 5.15. The first kappa shape index (κ1) is 17.8. The van der Waals surface area contributed by atoms with Gasteiger partial charge in [-0.1, -0.05) is 19.4 Å². The zero-order valence-electron chi connectivity index (χ0n) is 13.2. The number of sulfone groups is 1. The molecule has 5 nitrogen and oxygen atoms in total. The van der Waals surface area contributed by atoms with E-state index in [1.54, 1.807) is 33.4 Å². The van der Waals surface area contributed by atoms with Gasteiger partial charge in [-0.2, -0.15) is 0 Å². The third kappa shape index (κ3) is 5.21. The van der Waals surface area contributed by atoms with Gasteiger partial charge in [0, 0.05) is 17.7 Å². The molecule has 0 heterocycles. The highest BCUT2D eigenvalue weighted by molar-refractivity contribution is 7.91. The molecule has 1 rings (SSSR count). The molecule has 0 aliphatic carbocycles. The Morgan fingerprint density at radius 3 is 2.48 bits per heavy atom. The predicted molar refractivity (Wildman–Crippen MR) is 84.9 cm³/mol. The van der Waals surface area contributed by atoms with Gasteiger partial charge in [-0.3, -0.25) is 0 Å². The van der Waals surface area contributed by atoms with Gasteiger partial charge in [0.2, 0.25) is 0 Å². The van der Waals surface area contributed by atoms with Crippen LogP contribution in [-0.2, 0) is 9.84 Å². The molecule has 0 aromatic heterocycles. The fourth-order valence-electron chi connectivity index (χ4n) is 2.14. The fraction of sp³-hybridized carbons (Fsp3) is 0.600. The normalized spacial score (nSPS) is 13.0. The van der Waals surface area contributed by atoms with E-state index in [4.69, 9.17) is 9.47 Å². The van der Waals surface area contributed by atoms with Crippen LogP contribution in [0.5, 0.6) is 11.5 Å². The number of nitrogens with one attached hydrogen (secondary N) is 1. The molecule has 1 unspecified atom stereocenters. The van der Waals surface area contributed by atoms with Crippen molar-refractivity contribution in [1.29, 1.82) is 0 Å². The molecule has 1 atom stereocenters. The van der Waals surface area contributed by atoms with E-state index in [1.165, 1.54) is 0 Å². The number of methoxy groups -OCH3 is 2. The van der Waals surface area contributed by atoms with E-state index in [9.17, 15) is 8.42 Å². The summed E-state index contributed by atoms with van der Waals surface area (Å²) in [5.74, 6) is 1.59. The molecule has 1 aromatic rings. The number of hydrogen-bond acceptors (Lipinski definition) is 5. The van der Waals surface area contributed by atoms with Crippen molar-refractivity contribution >= 4 is 9.84 Å². The molecule has 1 aromatic carbocycles. The van der Waals surface area contributed by atoms with Crippen molar-refractivity contribution in [2.24, 2.45) is 0 Å². The van der Waals surface area contributed by atoms with Crippen LogP contribution in [0.3, 0.4) is 0 Å². The Balaban J connectivity index is 2.99. The van der Waals surface area contributed by atoms with Gasteiger partial charge >= 0.3 is 0 Å². The number of rotatable bonds is 9. The van der Waals surface area contributed by atoms with Crippen molar-refractivity contribution in [2.45, 2.75) is 25.8 Å². The molecule has 0 fully saturated rings. The van der Waals surface area contributed by atoms with E-state index < -0.39 is 9.84 Å². The van der Waals surface area contributed by atoms with Crippen molar-refractivity contribution in [3.63, 3.8) is 0 Å². The van der Waals surface area contributed by atoms with E-state index in [0.717, 1.165) is 12.0 Å². The van der Waals surface area contributed by atoms with Gasteiger partial charge in [0.05, 0.1) is 25.7 Å². The highest BCUT2D eigenvalue weighted by Crippen LogP contribution is 2.30. The van der Waals surface area contributed by atoms with Crippen LogP contribution >= 0.6 is 0 Å². The summed E-state index contributed by atoms with van der Waals surface area (Å²) in [5, 5.41) is 3.06. The first-order valence-corrected chi connectivity index (χ1v) is 8.89. The molecule has 1 N–H and O–H groups in total. The van der Waals surface area contributed by atoms with Gasteiger partial charge in [0.15, 0.2) is 9.84 Å². The summed E-state index contributed by atoms with van der Waals surface area (Å²) in [6.07, 6.45) is 1.56. The zero-order valence-corrected chi connectivity index (χ0v) is 14.0. The Hall–Kier alpha value is -1.27. The zero-order chi connectivity index (χ0) is 15.9. The van der Waals surface area contributed by atoms with E-state index in [0.29, 0.717) is 17.9 Å². The summed E-state index contributed by atoms with van der Waals surface area (Å²) >= 11 is 0. The van der Waals surface area contributed by atoms with Gasteiger partial charge in [-0.15, -0.1) is 0 Å². The summed E-state index contributed by atoms with van der Waals surface area (Å²) in [5.41, 5.74) is 0.820. The maximum absolute atomic E-state index is 12.1. The number of ether oxygens (including phenoxy) is 2. The molecule has 0 spiro atoms. The van der Waals surface area contributed by atoms with Crippen LogP contribution in [-0.4, -0.2) is 41.2 Å². The second-order valence-electron chi connectivity index (χ2n) is 4.92.